The van der Waals surface area contributed by atoms with E-state index in [1.54, 1.807) is 12.4 Å². The molecule has 0 atom stereocenters. The van der Waals surface area contributed by atoms with E-state index >= 15 is 0 Å². The van der Waals surface area contributed by atoms with E-state index in [-0.39, 0.29) is 0 Å². The first kappa shape index (κ1) is 14.1. The van der Waals surface area contributed by atoms with Crippen molar-refractivity contribution in [3.63, 3.8) is 0 Å². The average molecular weight is 270 g/mol. The molecule has 0 aliphatic carbocycles. The Morgan fingerprint density at radius 3 is 2.65 bits per heavy atom. The predicted molar refractivity (Wildman–Crippen MR) is 78.5 cm³/mol. The molecule has 1 heterocycles. The van der Waals surface area contributed by atoms with Crippen molar-refractivity contribution in [1.29, 1.82) is 0 Å². The highest BCUT2D eigenvalue weighted by Crippen LogP contribution is 2.20. The van der Waals surface area contributed by atoms with Crippen molar-refractivity contribution >= 4 is 5.71 Å². The van der Waals surface area contributed by atoms with E-state index < -0.39 is 0 Å². The molecule has 0 radical (unpaired) electrons. The van der Waals surface area contributed by atoms with Gasteiger partial charge in [0.2, 0.25) is 0 Å². The van der Waals surface area contributed by atoms with Crippen molar-refractivity contribution in [2.45, 2.75) is 19.8 Å². The Morgan fingerprint density at radius 1 is 1.20 bits per heavy atom. The summed E-state index contributed by atoms with van der Waals surface area (Å²) in [5.41, 5.74) is 2.65. The van der Waals surface area contributed by atoms with Gasteiger partial charge in [0.1, 0.15) is 5.75 Å². The van der Waals surface area contributed by atoms with Crippen LogP contribution in [0, 0.1) is 0 Å². The van der Waals surface area contributed by atoms with Crippen LogP contribution in [-0.2, 0) is 6.42 Å². The number of oxime groups is 1. The summed E-state index contributed by atoms with van der Waals surface area (Å²) >= 11 is 0. The molecule has 0 unspecified atom stereocenters. The standard InChI is InChI=1S/C16H18N2O2/c1-2-15(18-19)14-5-3-4-6-16(14)20-12-9-13-7-10-17-11-8-13/h3-8,10-11,19H,2,9,12H2,1H3/b18-15+. The molecule has 0 saturated carbocycles. The monoisotopic (exact) mass is 270 g/mol. The van der Waals surface area contributed by atoms with Crippen LogP contribution in [0.5, 0.6) is 5.75 Å². The number of benzene rings is 1. The SMILES string of the molecule is CC/C(=N\O)c1ccccc1OCCc1ccncc1. The minimum Gasteiger partial charge on any atom is -0.493 e. The number of ether oxygens (including phenoxy) is 1. The van der Waals surface area contributed by atoms with Crippen LogP contribution in [0.3, 0.4) is 0 Å². The van der Waals surface area contributed by atoms with Crippen molar-refractivity contribution in [2.75, 3.05) is 6.61 Å². The summed E-state index contributed by atoms with van der Waals surface area (Å²) in [5.74, 6) is 0.746. The largest absolute Gasteiger partial charge is 0.493 e. The Bertz CT molecular complexity index is 568. The number of aromatic nitrogens is 1. The van der Waals surface area contributed by atoms with Gasteiger partial charge in [-0.3, -0.25) is 4.98 Å². The van der Waals surface area contributed by atoms with E-state index in [0.29, 0.717) is 18.7 Å². The van der Waals surface area contributed by atoms with E-state index in [1.807, 2.05) is 43.3 Å². The van der Waals surface area contributed by atoms with E-state index in [4.69, 9.17) is 9.94 Å². The summed E-state index contributed by atoms with van der Waals surface area (Å²) in [4.78, 5) is 3.99. The molecule has 104 valence electrons. The molecule has 2 aromatic rings. The molecular weight excluding hydrogens is 252 g/mol. The lowest BCUT2D eigenvalue weighted by Gasteiger charge is -2.11. The maximum Gasteiger partial charge on any atom is 0.128 e. The minimum absolute atomic E-state index is 0.573. The molecule has 0 amide bonds. The second-order valence-electron chi connectivity index (χ2n) is 4.35. The number of hydrogen-bond acceptors (Lipinski definition) is 4. The second-order valence-corrected chi connectivity index (χ2v) is 4.35. The quantitative estimate of drug-likeness (QED) is 0.498. The molecule has 20 heavy (non-hydrogen) atoms. The Hall–Kier alpha value is -2.36. The Morgan fingerprint density at radius 2 is 1.95 bits per heavy atom. The van der Waals surface area contributed by atoms with Crippen LogP contribution in [0.25, 0.3) is 0 Å². The Labute approximate surface area is 118 Å². The van der Waals surface area contributed by atoms with Crippen molar-refractivity contribution in [3.05, 3.63) is 59.9 Å². The fourth-order valence-corrected chi connectivity index (χ4v) is 1.97. The van der Waals surface area contributed by atoms with Gasteiger partial charge >= 0.3 is 0 Å². The van der Waals surface area contributed by atoms with E-state index in [9.17, 15) is 0 Å². The number of pyridine rings is 1. The number of nitrogens with zero attached hydrogens (tertiary/aromatic N) is 2. The molecule has 0 aliphatic heterocycles. The molecule has 1 aromatic carbocycles. The summed E-state index contributed by atoms with van der Waals surface area (Å²) < 4.78 is 5.81. The van der Waals surface area contributed by atoms with E-state index in [2.05, 4.69) is 10.1 Å². The van der Waals surface area contributed by atoms with Gasteiger partial charge < -0.3 is 9.94 Å². The van der Waals surface area contributed by atoms with Gasteiger partial charge in [-0.15, -0.1) is 0 Å². The zero-order chi connectivity index (χ0) is 14.2. The second kappa shape index (κ2) is 7.28. The van der Waals surface area contributed by atoms with Gasteiger partial charge in [-0.05, 0) is 36.2 Å². The number of rotatable bonds is 6. The Balaban J connectivity index is 2.03. The van der Waals surface area contributed by atoms with Crippen molar-refractivity contribution in [3.8, 4) is 5.75 Å². The summed E-state index contributed by atoms with van der Waals surface area (Å²) in [6.07, 6.45) is 5.02. The van der Waals surface area contributed by atoms with Gasteiger partial charge in [-0.1, -0.05) is 24.2 Å². The van der Waals surface area contributed by atoms with Crippen LogP contribution >= 0.6 is 0 Å². The van der Waals surface area contributed by atoms with Crippen LogP contribution in [0.2, 0.25) is 0 Å². The molecule has 1 aromatic heterocycles. The molecule has 0 fully saturated rings. The summed E-state index contributed by atoms with van der Waals surface area (Å²) in [7, 11) is 0. The maximum absolute atomic E-state index is 9.03. The van der Waals surface area contributed by atoms with Crippen LogP contribution in [0.1, 0.15) is 24.5 Å². The van der Waals surface area contributed by atoms with Crippen molar-refractivity contribution in [2.24, 2.45) is 5.16 Å². The van der Waals surface area contributed by atoms with Gasteiger partial charge in [0.15, 0.2) is 0 Å². The smallest absolute Gasteiger partial charge is 0.128 e. The van der Waals surface area contributed by atoms with Crippen LogP contribution in [0.4, 0.5) is 0 Å². The molecule has 1 N–H and O–H groups in total. The van der Waals surface area contributed by atoms with Gasteiger partial charge in [0.25, 0.3) is 0 Å². The van der Waals surface area contributed by atoms with E-state index in [1.165, 1.54) is 5.56 Å². The van der Waals surface area contributed by atoms with Crippen molar-refractivity contribution in [1.82, 2.24) is 4.98 Å². The van der Waals surface area contributed by atoms with Gasteiger partial charge in [-0.25, -0.2) is 0 Å². The summed E-state index contributed by atoms with van der Waals surface area (Å²) in [6, 6.07) is 11.6. The first-order chi connectivity index (χ1) is 9.85. The maximum atomic E-state index is 9.03. The molecule has 0 spiro atoms. The van der Waals surface area contributed by atoms with Gasteiger partial charge in [0.05, 0.1) is 12.3 Å². The highest BCUT2D eigenvalue weighted by atomic mass is 16.5. The highest BCUT2D eigenvalue weighted by Gasteiger charge is 2.08. The molecule has 0 aliphatic rings. The topological polar surface area (TPSA) is 54.7 Å². The molecular formula is C16H18N2O2. The summed E-state index contributed by atoms with van der Waals surface area (Å²) in [5, 5.41) is 12.4. The highest BCUT2D eigenvalue weighted by molar-refractivity contribution is 6.02. The van der Waals surface area contributed by atoms with Crippen LogP contribution < -0.4 is 4.74 Å². The first-order valence-corrected chi connectivity index (χ1v) is 6.67. The van der Waals surface area contributed by atoms with Crippen molar-refractivity contribution < 1.29 is 9.94 Å². The van der Waals surface area contributed by atoms with Gasteiger partial charge in [0, 0.05) is 24.4 Å². The lowest BCUT2D eigenvalue weighted by molar-refractivity contribution is 0.313. The zero-order valence-corrected chi connectivity index (χ0v) is 11.5. The molecule has 0 saturated heterocycles. The Kier molecular flexibility index (Phi) is 5.12. The van der Waals surface area contributed by atoms with Gasteiger partial charge in [-0.2, -0.15) is 0 Å². The fraction of sp³-hybridized carbons (Fsp3) is 0.250. The zero-order valence-electron chi connectivity index (χ0n) is 11.5. The lowest BCUT2D eigenvalue weighted by Crippen LogP contribution is -2.07. The van der Waals surface area contributed by atoms with Crippen LogP contribution in [-0.4, -0.2) is 22.5 Å². The molecule has 2 rings (SSSR count). The fourth-order valence-electron chi connectivity index (χ4n) is 1.97. The number of hydrogen-bond donors (Lipinski definition) is 1. The van der Waals surface area contributed by atoms with Crippen LogP contribution in [0.15, 0.2) is 53.9 Å². The molecule has 0 bridgehead atoms. The predicted octanol–water partition coefficient (Wildman–Crippen LogP) is 3.29. The molecule has 4 nitrogen and oxygen atoms in total. The minimum atomic E-state index is 0.573. The number of para-hydroxylation sites is 1. The van der Waals surface area contributed by atoms with E-state index in [0.717, 1.165) is 17.7 Å². The lowest BCUT2D eigenvalue weighted by atomic mass is 10.1. The first-order valence-electron chi connectivity index (χ1n) is 6.67. The third-order valence-corrected chi connectivity index (χ3v) is 3.05. The average Bonchev–Trinajstić information content (AvgIpc) is 2.51. The summed E-state index contributed by atoms with van der Waals surface area (Å²) in [6.45, 7) is 2.52. The third-order valence-electron chi connectivity index (χ3n) is 3.05. The molecule has 4 heteroatoms. The third kappa shape index (κ3) is 3.57. The normalized spacial score (nSPS) is 11.3.